The number of amides is 3. The molecule has 0 spiro atoms. The summed E-state index contributed by atoms with van der Waals surface area (Å²) >= 11 is 0. The Morgan fingerprint density at radius 3 is 2.77 bits per heavy atom. The summed E-state index contributed by atoms with van der Waals surface area (Å²) in [4.78, 5) is 41.0. The number of ether oxygens (including phenoxy) is 1. The molecule has 3 amide bonds. The van der Waals surface area contributed by atoms with Gasteiger partial charge in [-0.25, -0.2) is 4.39 Å². The van der Waals surface area contributed by atoms with Crippen molar-refractivity contribution >= 4 is 29.1 Å². The van der Waals surface area contributed by atoms with Gasteiger partial charge in [0.15, 0.2) is 6.61 Å². The molecule has 2 aromatic carbocycles. The molecular weight excluding hydrogens is 389 g/mol. The maximum atomic E-state index is 13.6. The highest BCUT2D eigenvalue weighted by molar-refractivity contribution is 6.14. The van der Waals surface area contributed by atoms with Crippen LogP contribution in [0, 0.1) is 5.82 Å². The number of carbonyl (C=O) groups excluding carboxylic acids is 3. The lowest BCUT2D eigenvalue weighted by Gasteiger charge is -2.42. The van der Waals surface area contributed by atoms with Crippen LogP contribution in [0.1, 0.15) is 29.8 Å². The van der Waals surface area contributed by atoms with Crippen LogP contribution in [-0.4, -0.2) is 48.4 Å². The van der Waals surface area contributed by atoms with E-state index in [4.69, 9.17) is 4.74 Å². The van der Waals surface area contributed by atoms with Crippen LogP contribution in [0.5, 0.6) is 5.75 Å². The Morgan fingerprint density at radius 1 is 1.23 bits per heavy atom. The molecular formula is C22H22FN3O4. The number of hydrogen-bond donors (Lipinski definition) is 1. The van der Waals surface area contributed by atoms with Gasteiger partial charge in [0.25, 0.3) is 11.8 Å². The first-order valence-corrected chi connectivity index (χ1v) is 9.64. The first-order valence-electron chi connectivity index (χ1n) is 9.64. The van der Waals surface area contributed by atoms with E-state index >= 15 is 0 Å². The second-order valence-electron chi connectivity index (χ2n) is 7.95. The van der Waals surface area contributed by atoms with Crippen LogP contribution >= 0.6 is 0 Å². The summed E-state index contributed by atoms with van der Waals surface area (Å²) in [6, 6.07) is 9.06. The van der Waals surface area contributed by atoms with Crippen LogP contribution in [0.25, 0.3) is 0 Å². The maximum Gasteiger partial charge on any atom is 0.265 e. The first kappa shape index (κ1) is 19.9. The lowest BCUT2D eigenvalue weighted by atomic mass is 9.96. The summed E-state index contributed by atoms with van der Waals surface area (Å²) in [5, 5.41) is 2.64. The number of halogens is 1. The molecule has 0 aromatic heterocycles. The Morgan fingerprint density at radius 2 is 2.00 bits per heavy atom. The monoisotopic (exact) mass is 411 g/mol. The van der Waals surface area contributed by atoms with E-state index in [1.165, 1.54) is 23.1 Å². The molecule has 0 saturated carbocycles. The SMILES string of the molecule is CN1CCc2c(OCC(=O)N3c4ccc(F)cc4NC(=O)C3(C)C)cccc2C1=O. The fraction of sp³-hybridized carbons (Fsp3) is 0.318. The van der Waals surface area contributed by atoms with Crippen molar-refractivity contribution in [2.75, 3.05) is 30.4 Å². The lowest BCUT2D eigenvalue weighted by Crippen LogP contribution is -2.59. The average molecular weight is 411 g/mol. The number of fused-ring (bicyclic) bond motifs is 2. The van der Waals surface area contributed by atoms with Gasteiger partial charge in [0.05, 0.1) is 11.4 Å². The zero-order chi connectivity index (χ0) is 21.6. The molecule has 0 bridgehead atoms. The Bertz CT molecular complexity index is 1070. The van der Waals surface area contributed by atoms with E-state index in [9.17, 15) is 18.8 Å². The van der Waals surface area contributed by atoms with Gasteiger partial charge >= 0.3 is 0 Å². The van der Waals surface area contributed by atoms with Crippen LogP contribution < -0.4 is 15.0 Å². The molecule has 1 N–H and O–H groups in total. The highest BCUT2D eigenvalue weighted by Gasteiger charge is 2.44. The summed E-state index contributed by atoms with van der Waals surface area (Å²) in [7, 11) is 1.74. The summed E-state index contributed by atoms with van der Waals surface area (Å²) in [6.45, 7) is 3.48. The normalized spacial score (nSPS) is 17.2. The number of anilines is 2. The summed E-state index contributed by atoms with van der Waals surface area (Å²) in [6.07, 6.45) is 0.627. The van der Waals surface area contributed by atoms with Gasteiger partial charge in [-0.2, -0.15) is 0 Å². The zero-order valence-electron chi connectivity index (χ0n) is 17.0. The Labute approximate surface area is 173 Å². The van der Waals surface area contributed by atoms with Crippen molar-refractivity contribution in [1.82, 2.24) is 4.90 Å². The number of nitrogens with zero attached hydrogens (tertiary/aromatic N) is 2. The molecule has 156 valence electrons. The number of carbonyl (C=O) groups is 3. The van der Waals surface area contributed by atoms with Crippen LogP contribution in [0.3, 0.4) is 0 Å². The molecule has 2 heterocycles. The van der Waals surface area contributed by atoms with E-state index in [1.807, 2.05) is 0 Å². The predicted molar refractivity (Wildman–Crippen MR) is 109 cm³/mol. The van der Waals surface area contributed by atoms with E-state index in [-0.39, 0.29) is 18.2 Å². The quantitative estimate of drug-likeness (QED) is 0.842. The maximum absolute atomic E-state index is 13.6. The molecule has 0 aliphatic carbocycles. The van der Waals surface area contributed by atoms with Crippen molar-refractivity contribution in [3.63, 3.8) is 0 Å². The molecule has 2 aliphatic heterocycles. The standard InChI is InChI=1S/C22H22FN3O4/c1-22(2)21(29)24-16-11-13(23)7-8-17(16)26(22)19(27)12-30-18-6-4-5-15-14(18)9-10-25(3)20(15)28/h4-8,11H,9-10,12H2,1-3H3,(H,24,29). The van der Waals surface area contributed by atoms with Gasteiger partial charge in [-0.05, 0) is 50.6 Å². The van der Waals surface area contributed by atoms with Crippen LogP contribution in [-0.2, 0) is 16.0 Å². The van der Waals surface area contributed by atoms with Crippen molar-refractivity contribution in [1.29, 1.82) is 0 Å². The highest BCUT2D eigenvalue weighted by atomic mass is 19.1. The fourth-order valence-corrected chi connectivity index (χ4v) is 3.88. The average Bonchev–Trinajstić information content (AvgIpc) is 2.70. The van der Waals surface area contributed by atoms with Gasteiger partial charge in [0, 0.05) is 24.7 Å². The van der Waals surface area contributed by atoms with Gasteiger partial charge < -0.3 is 15.0 Å². The van der Waals surface area contributed by atoms with Gasteiger partial charge in [-0.1, -0.05) is 6.07 Å². The molecule has 30 heavy (non-hydrogen) atoms. The molecule has 8 heteroatoms. The van der Waals surface area contributed by atoms with E-state index in [1.54, 1.807) is 44.0 Å². The molecule has 0 atom stereocenters. The molecule has 0 saturated heterocycles. The van der Waals surface area contributed by atoms with Crippen molar-refractivity contribution in [2.24, 2.45) is 0 Å². The molecule has 0 unspecified atom stereocenters. The van der Waals surface area contributed by atoms with Crippen LogP contribution in [0.2, 0.25) is 0 Å². The number of hydrogen-bond acceptors (Lipinski definition) is 4. The van der Waals surface area contributed by atoms with Crippen molar-refractivity contribution in [2.45, 2.75) is 25.8 Å². The topological polar surface area (TPSA) is 79.0 Å². The molecule has 2 aliphatic rings. The molecule has 4 rings (SSSR count). The molecule has 2 aromatic rings. The highest BCUT2D eigenvalue weighted by Crippen LogP contribution is 2.37. The third kappa shape index (κ3) is 3.18. The second kappa shape index (κ2) is 7.12. The minimum Gasteiger partial charge on any atom is -0.483 e. The van der Waals surface area contributed by atoms with Gasteiger partial charge in [-0.15, -0.1) is 0 Å². The number of nitrogens with one attached hydrogen (secondary N) is 1. The minimum absolute atomic E-state index is 0.0854. The van der Waals surface area contributed by atoms with Crippen molar-refractivity contribution in [3.05, 3.63) is 53.3 Å². The van der Waals surface area contributed by atoms with Crippen molar-refractivity contribution in [3.8, 4) is 5.75 Å². The number of benzene rings is 2. The zero-order valence-corrected chi connectivity index (χ0v) is 17.0. The minimum atomic E-state index is -1.18. The van der Waals surface area contributed by atoms with Crippen LogP contribution in [0.15, 0.2) is 36.4 Å². The summed E-state index contributed by atoms with van der Waals surface area (Å²) < 4.78 is 19.4. The van der Waals surface area contributed by atoms with E-state index in [0.717, 1.165) is 5.56 Å². The van der Waals surface area contributed by atoms with E-state index < -0.39 is 23.2 Å². The Hall–Kier alpha value is -3.42. The largest absolute Gasteiger partial charge is 0.483 e. The van der Waals surface area contributed by atoms with Crippen LogP contribution in [0.4, 0.5) is 15.8 Å². The molecule has 0 fully saturated rings. The smallest absolute Gasteiger partial charge is 0.265 e. The summed E-state index contributed by atoms with van der Waals surface area (Å²) in [5.41, 5.74) is 0.790. The van der Waals surface area contributed by atoms with Gasteiger partial charge in [0.2, 0.25) is 5.91 Å². The lowest BCUT2D eigenvalue weighted by molar-refractivity contribution is -0.127. The van der Waals surface area contributed by atoms with Gasteiger partial charge in [-0.3, -0.25) is 19.3 Å². The van der Waals surface area contributed by atoms with Gasteiger partial charge in [0.1, 0.15) is 17.1 Å². The second-order valence-corrected chi connectivity index (χ2v) is 7.95. The molecule has 0 radical (unpaired) electrons. The molecule has 7 nitrogen and oxygen atoms in total. The number of likely N-dealkylation sites (N-methyl/N-ethyl adjacent to an activating group) is 1. The Kier molecular flexibility index (Phi) is 4.72. The fourth-order valence-electron chi connectivity index (χ4n) is 3.88. The van der Waals surface area contributed by atoms with E-state index in [0.29, 0.717) is 30.0 Å². The Balaban J connectivity index is 1.61. The summed E-state index contributed by atoms with van der Waals surface area (Å²) in [5.74, 6) is -0.985. The van der Waals surface area contributed by atoms with E-state index in [2.05, 4.69) is 5.32 Å². The predicted octanol–water partition coefficient (Wildman–Crippen LogP) is 2.60. The third-order valence-electron chi connectivity index (χ3n) is 5.57. The third-order valence-corrected chi connectivity index (χ3v) is 5.57. The number of rotatable bonds is 3. The first-order chi connectivity index (χ1) is 14.2. The van der Waals surface area contributed by atoms with Crippen molar-refractivity contribution < 1.29 is 23.5 Å².